The average Bonchev–Trinajstić information content (AvgIpc) is 3.39. The van der Waals surface area contributed by atoms with E-state index in [1.807, 2.05) is 0 Å². The minimum absolute atomic E-state index is 0.0340. The van der Waals surface area contributed by atoms with Crippen molar-refractivity contribution in [3.63, 3.8) is 0 Å². The smallest absolute Gasteiger partial charge is 0.306 e. The molecule has 0 amide bonds. The molecule has 0 saturated carbocycles. The van der Waals surface area contributed by atoms with E-state index in [9.17, 15) is 40.5 Å². The number of aliphatic hydroxyl groups excluding tert-OH is 7. The number of carbonyl (C=O) groups excluding carboxylic acids is 1. The number of allylic oxidation sites excluding steroid dienone is 18. The van der Waals surface area contributed by atoms with E-state index < -0.39 is 86.7 Å². The minimum atomic E-state index is -1.72. The molecule has 0 aromatic rings. The van der Waals surface area contributed by atoms with Crippen LogP contribution >= 0.6 is 0 Å². The Morgan fingerprint density at radius 1 is 0.452 bits per heavy atom. The van der Waals surface area contributed by atoms with Crippen molar-refractivity contribution in [3.8, 4) is 0 Å². The summed E-state index contributed by atoms with van der Waals surface area (Å²) in [5.41, 5.74) is 0. The molecular weight excluding hydrogens is 933 g/mol. The molecule has 7 N–H and O–H groups in total. The summed E-state index contributed by atoms with van der Waals surface area (Å²) in [4.78, 5) is 13.1. The van der Waals surface area contributed by atoms with Gasteiger partial charge in [-0.05, 0) is 96.3 Å². The van der Waals surface area contributed by atoms with Gasteiger partial charge in [-0.1, -0.05) is 162 Å². The number of rotatable bonds is 42. The van der Waals surface area contributed by atoms with E-state index in [-0.39, 0.29) is 19.6 Å². The largest absolute Gasteiger partial charge is 0.457 e. The molecule has 2 aliphatic rings. The highest BCUT2D eigenvalue weighted by Crippen LogP contribution is 2.26. The highest BCUT2D eigenvalue weighted by atomic mass is 16.7. The minimum Gasteiger partial charge on any atom is -0.457 e. The zero-order valence-electron chi connectivity index (χ0n) is 44.3. The van der Waals surface area contributed by atoms with Gasteiger partial charge in [-0.25, -0.2) is 0 Å². The lowest BCUT2D eigenvalue weighted by molar-refractivity contribution is -0.332. The van der Waals surface area contributed by atoms with Crippen molar-refractivity contribution < 1.29 is 69.0 Å². The van der Waals surface area contributed by atoms with E-state index in [4.69, 9.17) is 28.4 Å². The molecule has 11 unspecified atom stereocenters. The lowest BCUT2D eigenvalue weighted by Crippen LogP contribution is -2.61. The van der Waals surface area contributed by atoms with Crippen LogP contribution in [0.2, 0.25) is 0 Å². The molecule has 0 bridgehead atoms. The molecule has 11 atom stereocenters. The number of esters is 1. The Balaban J connectivity index is 1.76. The number of unbranched alkanes of at least 4 members (excludes halogenated alkanes) is 10. The van der Waals surface area contributed by atoms with E-state index >= 15 is 0 Å². The van der Waals surface area contributed by atoms with Crippen molar-refractivity contribution >= 4 is 5.97 Å². The van der Waals surface area contributed by atoms with Gasteiger partial charge in [-0.2, -0.15) is 0 Å². The molecule has 2 rings (SSSR count). The van der Waals surface area contributed by atoms with Gasteiger partial charge in [0.25, 0.3) is 0 Å². The maximum Gasteiger partial charge on any atom is 0.306 e. The zero-order valence-corrected chi connectivity index (χ0v) is 44.3. The molecule has 0 spiro atoms. The molecule has 0 aliphatic carbocycles. The summed E-state index contributed by atoms with van der Waals surface area (Å²) >= 11 is 0. The molecule has 73 heavy (non-hydrogen) atoms. The van der Waals surface area contributed by atoms with E-state index in [0.29, 0.717) is 13.0 Å². The van der Waals surface area contributed by atoms with Gasteiger partial charge in [0.1, 0.15) is 54.9 Å². The average molecular weight is 1030 g/mol. The lowest BCUT2D eigenvalue weighted by atomic mass is 9.98. The van der Waals surface area contributed by atoms with Crippen LogP contribution in [0.3, 0.4) is 0 Å². The van der Waals surface area contributed by atoms with E-state index in [1.54, 1.807) is 0 Å². The van der Waals surface area contributed by atoms with E-state index in [2.05, 4.69) is 123 Å². The van der Waals surface area contributed by atoms with Crippen molar-refractivity contribution in [1.82, 2.24) is 0 Å². The third-order valence-electron chi connectivity index (χ3n) is 12.3. The molecule has 2 saturated heterocycles. The van der Waals surface area contributed by atoms with Crippen LogP contribution in [0.4, 0.5) is 0 Å². The van der Waals surface area contributed by atoms with Crippen molar-refractivity contribution in [2.75, 3.05) is 33.0 Å². The van der Waals surface area contributed by atoms with Crippen LogP contribution in [-0.4, -0.2) is 142 Å². The predicted molar refractivity (Wildman–Crippen MR) is 288 cm³/mol. The maximum atomic E-state index is 13.1. The predicted octanol–water partition coefficient (Wildman–Crippen LogP) is 9.18. The molecule has 14 nitrogen and oxygen atoms in total. The Kier molecular flexibility index (Phi) is 40.4. The third kappa shape index (κ3) is 32.0. The Bertz CT molecular complexity index is 1620. The number of ether oxygens (including phenoxy) is 6. The van der Waals surface area contributed by atoms with Gasteiger partial charge >= 0.3 is 5.97 Å². The van der Waals surface area contributed by atoms with Crippen LogP contribution in [0, 0.1) is 0 Å². The van der Waals surface area contributed by atoms with Crippen LogP contribution in [0.15, 0.2) is 109 Å². The first-order chi connectivity index (χ1) is 35.6. The maximum absolute atomic E-state index is 13.1. The standard InChI is InChI=1S/C59H96O14/c1-3-5-7-9-11-13-15-17-19-21-22-23-24-25-26-27-28-30-32-34-36-38-40-42-51(61)71-48(45-68-43-41-39-37-35-33-31-29-20-18-16-14-12-10-8-6-4-2)46-69-58-57(67)55(65)53(63)50(73-58)47-70-59-56(66)54(64)52(62)49(44-60)72-59/h5-8,11-14,17-20,22-23,25-26,28,30,48-50,52-60,62-67H,3-4,9-10,15-16,21,24,27,29,31-47H2,1-2H3/b7-5-,8-6-,13-11-,14-12-,19-17-,20-18-,23-22-,26-25-,30-28-. The number of carbonyl (C=O) groups is 1. The van der Waals surface area contributed by atoms with Gasteiger partial charge in [0.2, 0.25) is 0 Å². The Morgan fingerprint density at radius 3 is 1.33 bits per heavy atom. The summed E-state index contributed by atoms with van der Waals surface area (Å²) in [6, 6.07) is 0. The van der Waals surface area contributed by atoms with Crippen molar-refractivity contribution in [2.24, 2.45) is 0 Å². The third-order valence-corrected chi connectivity index (χ3v) is 12.3. The molecule has 0 aromatic heterocycles. The molecular formula is C59H96O14. The Labute approximate surface area is 438 Å². The van der Waals surface area contributed by atoms with E-state index in [0.717, 1.165) is 122 Å². The normalized spacial score (nSPS) is 25.8. The molecule has 0 aromatic carbocycles. The van der Waals surface area contributed by atoms with Gasteiger partial charge in [0.05, 0.1) is 26.4 Å². The summed E-state index contributed by atoms with van der Waals surface area (Å²) in [5.74, 6) is -0.410. The van der Waals surface area contributed by atoms with Crippen LogP contribution < -0.4 is 0 Å². The SMILES string of the molecule is CC/C=C\C/C=C\C/C=C\C/C=C\C/C=C\C/C=C\CCCCCCC(=O)OC(COCCCCCCCC/C=C\C/C=C\C/C=C\CC)COC1OC(COC2OC(CO)C(O)C(O)C2O)C(O)C(O)C1O. The Morgan fingerprint density at radius 2 is 0.849 bits per heavy atom. The summed E-state index contributed by atoms with van der Waals surface area (Å²) in [6.45, 7) is 3.37. The van der Waals surface area contributed by atoms with Gasteiger partial charge < -0.3 is 64.2 Å². The molecule has 2 heterocycles. The van der Waals surface area contributed by atoms with Crippen LogP contribution in [0.5, 0.6) is 0 Å². The highest BCUT2D eigenvalue weighted by Gasteiger charge is 2.47. The summed E-state index contributed by atoms with van der Waals surface area (Å²) in [6.07, 6.45) is 44.3. The second-order valence-corrected chi connectivity index (χ2v) is 18.6. The van der Waals surface area contributed by atoms with Crippen LogP contribution in [0.1, 0.15) is 155 Å². The number of hydrogen-bond acceptors (Lipinski definition) is 14. The molecule has 416 valence electrons. The quantitative estimate of drug-likeness (QED) is 0.0173. The molecule has 2 fully saturated rings. The van der Waals surface area contributed by atoms with Gasteiger partial charge in [-0.15, -0.1) is 0 Å². The molecule has 0 radical (unpaired) electrons. The second-order valence-electron chi connectivity index (χ2n) is 18.6. The van der Waals surface area contributed by atoms with E-state index in [1.165, 1.54) is 6.42 Å². The van der Waals surface area contributed by atoms with Crippen molar-refractivity contribution in [1.29, 1.82) is 0 Å². The topological polar surface area (TPSA) is 214 Å². The van der Waals surface area contributed by atoms with Crippen molar-refractivity contribution in [2.45, 2.75) is 223 Å². The number of aliphatic hydroxyl groups is 7. The summed E-state index contributed by atoms with van der Waals surface area (Å²) < 4.78 is 34.3. The van der Waals surface area contributed by atoms with Gasteiger partial charge in [0.15, 0.2) is 12.6 Å². The first-order valence-corrected chi connectivity index (χ1v) is 27.5. The lowest BCUT2D eigenvalue weighted by Gasteiger charge is -2.42. The first kappa shape index (κ1) is 65.8. The highest BCUT2D eigenvalue weighted by molar-refractivity contribution is 5.69. The molecule has 14 heteroatoms. The first-order valence-electron chi connectivity index (χ1n) is 27.5. The summed E-state index contributed by atoms with van der Waals surface area (Å²) in [7, 11) is 0. The van der Waals surface area contributed by atoms with Crippen LogP contribution in [-0.2, 0) is 33.2 Å². The van der Waals surface area contributed by atoms with Gasteiger partial charge in [0, 0.05) is 13.0 Å². The fourth-order valence-corrected chi connectivity index (χ4v) is 7.89. The van der Waals surface area contributed by atoms with Gasteiger partial charge in [-0.3, -0.25) is 4.79 Å². The fourth-order valence-electron chi connectivity index (χ4n) is 7.89. The van der Waals surface area contributed by atoms with Crippen LogP contribution in [0.25, 0.3) is 0 Å². The Hall–Kier alpha value is -3.35. The molecule has 2 aliphatic heterocycles. The number of hydrogen-bond donors (Lipinski definition) is 7. The monoisotopic (exact) mass is 1030 g/mol. The van der Waals surface area contributed by atoms with Crippen molar-refractivity contribution in [3.05, 3.63) is 109 Å². The zero-order chi connectivity index (χ0) is 53.0. The fraction of sp³-hybridized carbons (Fsp3) is 0.678. The summed E-state index contributed by atoms with van der Waals surface area (Å²) in [5, 5.41) is 72.3. The second kappa shape index (κ2) is 44.9.